The van der Waals surface area contributed by atoms with Crippen molar-refractivity contribution >= 4 is 22.8 Å². The minimum atomic E-state index is -0.605. The fraction of sp³-hybridized carbons (Fsp3) is 0.222. The van der Waals surface area contributed by atoms with Crippen molar-refractivity contribution < 1.29 is 14.2 Å². The zero-order valence-corrected chi connectivity index (χ0v) is 18.6. The number of benzene rings is 3. The molecule has 0 radical (unpaired) electrons. The number of nitrogens with zero attached hydrogens (tertiary/aromatic N) is 2. The lowest BCUT2D eigenvalue weighted by molar-refractivity contribution is -0.699. The molecule has 0 spiro atoms. The van der Waals surface area contributed by atoms with Crippen LogP contribution in [-0.2, 0) is 22.7 Å². The largest absolute Gasteiger partial charge is 0.352 e. The number of fused-ring (bicyclic) bond motifs is 3. The molecule has 0 aliphatic carbocycles. The van der Waals surface area contributed by atoms with Crippen molar-refractivity contribution in [3.05, 3.63) is 102 Å². The Balaban J connectivity index is 1.46. The molecule has 1 aliphatic heterocycles. The third-order valence-corrected chi connectivity index (χ3v) is 6.34. The fourth-order valence-electron chi connectivity index (χ4n) is 4.62. The van der Waals surface area contributed by atoms with Gasteiger partial charge >= 0.3 is 0 Å². The van der Waals surface area contributed by atoms with Crippen LogP contribution in [-0.4, -0.2) is 21.7 Å². The molecular formula is C27H27N4O2+. The maximum Gasteiger partial charge on any atom is 0.278 e. The molecule has 6 heteroatoms. The van der Waals surface area contributed by atoms with Crippen LogP contribution in [0, 0.1) is 0 Å². The van der Waals surface area contributed by atoms with Gasteiger partial charge in [0, 0.05) is 13.1 Å². The van der Waals surface area contributed by atoms with Crippen molar-refractivity contribution in [2.24, 2.45) is 0 Å². The lowest BCUT2D eigenvalue weighted by Gasteiger charge is -2.34. The number of carbonyl (C=O) groups is 2. The van der Waals surface area contributed by atoms with Crippen LogP contribution in [0.4, 0.5) is 0 Å². The van der Waals surface area contributed by atoms with E-state index in [1.807, 2.05) is 101 Å². The van der Waals surface area contributed by atoms with E-state index in [2.05, 4.69) is 10.3 Å². The van der Waals surface area contributed by atoms with Gasteiger partial charge < -0.3 is 10.2 Å². The second-order valence-corrected chi connectivity index (χ2v) is 8.51. The highest BCUT2D eigenvalue weighted by molar-refractivity contribution is 5.87. The number of carbonyl (C=O) groups excluding carboxylic acids is 2. The van der Waals surface area contributed by atoms with E-state index >= 15 is 0 Å². The Morgan fingerprint density at radius 1 is 0.939 bits per heavy atom. The molecule has 6 nitrogen and oxygen atoms in total. The number of hydrogen-bond donors (Lipinski definition) is 2. The number of para-hydroxylation sites is 2. The Labute approximate surface area is 192 Å². The monoisotopic (exact) mass is 439 g/mol. The van der Waals surface area contributed by atoms with E-state index in [9.17, 15) is 9.59 Å². The zero-order chi connectivity index (χ0) is 22.8. The van der Waals surface area contributed by atoms with Gasteiger partial charge in [-0.2, -0.15) is 0 Å². The Hall–Kier alpha value is -3.93. The normalized spacial score (nSPS) is 17.7. The Morgan fingerprint density at radius 2 is 1.58 bits per heavy atom. The molecule has 2 unspecified atom stereocenters. The summed E-state index contributed by atoms with van der Waals surface area (Å²) >= 11 is 0. The SMILES string of the molecule is CC1c2[nH]c3ccccc3[n+]2C(CC(=O)NCc2ccccc2)C(=O)N1Cc1ccccc1. The van der Waals surface area contributed by atoms with Gasteiger partial charge in [-0.3, -0.25) is 9.59 Å². The molecule has 1 aliphatic rings. The van der Waals surface area contributed by atoms with Gasteiger partial charge in [0.05, 0.1) is 6.42 Å². The van der Waals surface area contributed by atoms with Gasteiger partial charge in [0.25, 0.3) is 11.7 Å². The molecule has 2 atom stereocenters. The molecule has 1 aromatic heterocycles. The van der Waals surface area contributed by atoms with E-state index in [-0.39, 0.29) is 24.3 Å². The standard InChI is InChI=1S/C27H26N4O2/c1-19-26-29-22-14-8-9-15-23(22)31(26)24(16-25(32)28-17-20-10-4-2-5-11-20)27(33)30(19)18-21-12-6-3-7-13-21/h2-15,19,24H,16-18H2,1H3,(H,28,32)/p+1. The zero-order valence-electron chi connectivity index (χ0n) is 18.6. The van der Waals surface area contributed by atoms with Crippen LogP contribution in [0.15, 0.2) is 84.9 Å². The van der Waals surface area contributed by atoms with E-state index in [0.717, 1.165) is 28.0 Å². The van der Waals surface area contributed by atoms with Gasteiger partial charge in [0.2, 0.25) is 5.91 Å². The molecule has 5 rings (SSSR count). The van der Waals surface area contributed by atoms with Gasteiger partial charge in [-0.25, -0.2) is 9.55 Å². The summed E-state index contributed by atoms with van der Waals surface area (Å²) in [6.07, 6.45) is 0.0865. The van der Waals surface area contributed by atoms with Crippen LogP contribution < -0.4 is 9.88 Å². The van der Waals surface area contributed by atoms with Crippen LogP contribution in [0.2, 0.25) is 0 Å². The molecule has 0 bridgehead atoms. The van der Waals surface area contributed by atoms with Crippen molar-refractivity contribution in [2.45, 2.75) is 38.5 Å². The van der Waals surface area contributed by atoms with Gasteiger partial charge in [-0.15, -0.1) is 0 Å². The van der Waals surface area contributed by atoms with Gasteiger partial charge in [0.15, 0.2) is 17.1 Å². The first-order chi connectivity index (χ1) is 16.1. The fourth-order valence-corrected chi connectivity index (χ4v) is 4.62. The number of imidazole rings is 1. The lowest BCUT2D eigenvalue weighted by Crippen LogP contribution is -2.59. The first-order valence-corrected chi connectivity index (χ1v) is 11.3. The van der Waals surface area contributed by atoms with E-state index < -0.39 is 6.04 Å². The number of H-pyrrole nitrogens is 1. The second kappa shape index (κ2) is 8.90. The van der Waals surface area contributed by atoms with Crippen molar-refractivity contribution in [1.29, 1.82) is 0 Å². The quantitative estimate of drug-likeness (QED) is 0.449. The molecular weight excluding hydrogens is 412 g/mol. The molecule has 4 aromatic rings. The molecule has 3 aromatic carbocycles. The summed E-state index contributed by atoms with van der Waals surface area (Å²) in [5, 5.41) is 2.98. The highest BCUT2D eigenvalue weighted by atomic mass is 16.2. The van der Waals surface area contributed by atoms with E-state index in [0.29, 0.717) is 13.1 Å². The van der Waals surface area contributed by atoms with E-state index in [1.54, 1.807) is 0 Å². The summed E-state index contributed by atoms with van der Waals surface area (Å²) in [4.78, 5) is 32.1. The minimum absolute atomic E-state index is 0.0385. The first-order valence-electron chi connectivity index (χ1n) is 11.3. The average molecular weight is 440 g/mol. The molecule has 166 valence electrons. The number of aromatic nitrogens is 2. The summed E-state index contributed by atoms with van der Waals surface area (Å²) in [6, 6.07) is 26.9. The molecule has 2 heterocycles. The Morgan fingerprint density at radius 3 is 2.30 bits per heavy atom. The highest BCUT2D eigenvalue weighted by Crippen LogP contribution is 2.31. The van der Waals surface area contributed by atoms with Crippen LogP contribution in [0.5, 0.6) is 0 Å². The smallest absolute Gasteiger partial charge is 0.278 e. The summed E-state index contributed by atoms with van der Waals surface area (Å²) < 4.78 is 2.02. The highest BCUT2D eigenvalue weighted by Gasteiger charge is 2.45. The predicted molar refractivity (Wildman–Crippen MR) is 126 cm³/mol. The van der Waals surface area contributed by atoms with E-state index in [4.69, 9.17) is 0 Å². The third kappa shape index (κ3) is 4.12. The lowest BCUT2D eigenvalue weighted by atomic mass is 10.0. The minimum Gasteiger partial charge on any atom is -0.352 e. The Kier molecular flexibility index (Phi) is 5.65. The second-order valence-electron chi connectivity index (χ2n) is 8.51. The van der Waals surface area contributed by atoms with Crippen molar-refractivity contribution in [3.8, 4) is 0 Å². The van der Waals surface area contributed by atoms with Crippen LogP contribution in [0.3, 0.4) is 0 Å². The van der Waals surface area contributed by atoms with Gasteiger partial charge in [0.1, 0.15) is 6.04 Å². The molecule has 2 amide bonds. The maximum absolute atomic E-state index is 13.8. The first kappa shape index (κ1) is 20.9. The Bertz CT molecular complexity index is 1280. The van der Waals surface area contributed by atoms with Crippen LogP contribution >= 0.6 is 0 Å². The predicted octanol–water partition coefficient (Wildman–Crippen LogP) is 3.81. The number of rotatable bonds is 6. The summed E-state index contributed by atoms with van der Waals surface area (Å²) in [7, 11) is 0. The third-order valence-electron chi connectivity index (χ3n) is 6.34. The number of hydrogen-bond acceptors (Lipinski definition) is 2. The summed E-state index contributed by atoms with van der Waals surface area (Å²) in [6.45, 7) is 2.97. The molecule has 0 fully saturated rings. The summed E-state index contributed by atoms with van der Waals surface area (Å²) in [5.41, 5.74) is 3.99. The molecule has 2 N–H and O–H groups in total. The van der Waals surface area contributed by atoms with Crippen molar-refractivity contribution in [1.82, 2.24) is 15.2 Å². The summed E-state index contributed by atoms with van der Waals surface area (Å²) in [5.74, 6) is 0.756. The van der Waals surface area contributed by atoms with Gasteiger partial charge in [-0.05, 0) is 30.2 Å². The van der Waals surface area contributed by atoms with Gasteiger partial charge in [-0.1, -0.05) is 72.8 Å². The molecule has 0 saturated heterocycles. The molecule has 0 saturated carbocycles. The van der Waals surface area contributed by atoms with Crippen LogP contribution in [0.25, 0.3) is 11.0 Å². The number of amides is 2. The number of nitrogens with one attached hydrogen (secondary N) is 2. The topological polar surface area (TPSA) is 69.1 Å². The average Bonchev–Trinajstić information content (AvgIpc) is 3.24. The molecule has 33 heavy (non-hydrogen) atoms. The van der Waals surface area contributed by atoms with E-state index in [1.165, 1.54) is 0 Å². The van der Waals surface area contributed by atoms with Crippen molar-refractivity contribution in [3.63, 3.8) is 0 Å². The maximum atomic E-state index is 13.8. The van der Waals surface area contributed by atoms with Crippen LogP contribution in [0.1, 0.15) is 42.4 Å². The number of aromatic amines is 1. The van der Waals surface area contributed by atoms with Crippen molar-refractivity contribution in [2.75, 3.05) is 0 Å².